The Labute approximate surface area is 123 Å². The molecular weight excluding hydrogens is 332 g/mol. The highest BCUT2D eigenvalue weighted by Crippen LogP contribution is 2.37. The van der Waals surface area contributed by atoms with E-state index in [4.69, 9.17) is 11.6 Å². The summed E-state index contributed by atoms with van der Waals surface area (Å²) in [4.78, 5) is 10.0. The Bertz CT molecular complexity index is 578. The molecule has 0 aliphatic carbocycles. The minimum atomic E-state index is -3.67. The minimum Gasteiger partial charge on any atom is -0.258 e. The van der Waals surface area contributed by atoms with Crippen molar-refractivity contribution >= 4 is 50.4 Å². The summed E-state index contributed by atoms with van der Waals surface area (Å²) in [6.45, 7) is 0.870. The molecule has 1 aromatic heterocycles. The zero-order valence-corrected chi connectivity index (χ0v) is 12.9. The first kappa shape index (κ1) is 15.0. The lowest BCUT2D eigenvalue weighted by atomic mass is 10.5. The topological polar surface area (TPSA) is 80.5 Å². The van der Waals surface area contributed by atoms with Crippen LogP contribution < -0.4 is 0 Å². The molecule has 2 rings (SSSR count). The van der Waals surface area contributed by atoms with Crippen LogP contribution >= 0.6 is 34.7 Å². The second-order valence-corrected chi connectivity index (χ2v) is 8.90. The Morgan fingerprint density at radius 1 is 1.37 bits per heavy atom. The van der Waals surface area contributed by atoms with Crippen LogP contribution in [0.15, 0.2) is 10.3 Å². The first-order chi connectivity index (χ1) is 8.93. The molecule has 6 nitrogen and oxygen atoms in total. The lowest BCUT2D eigenvalue weighted by molar-refractivity contribution is -0.384. The monoisotopic (exact) mass is 342 g/mol. The van der Waals surface area contributed by atoms with Crippen LogP contribution in [0.3, 0.4) is 0 Å². The Kier molecular flexibility index (Phi) is 4.72. The summed E-state index contributed by atoms with van der Waals surface area (Å²) < 4.78 is 26.0. The smallest absolute Gasteiger partial charge is 0.258 e. The van der Waals surface area contributed by atoms with Crippen molar-refractivity contribution in [3.05, 3.63) is 20.5 Å². The lowest BCUT2D eigenvalue weighted by Crippen LogP contribution is -2.32. The quantitative estimate of drug-likeness (QED) is 0.622. The van der Waals surface area contributed by atoms with Crippen molar-refractivity contribution in [2.45, 2.75) is 10.6 Å². The molecule has 0 N–H and O–H groups in total. The number of hydrogen-bond donors (Lipinski definition) is 0. The number of sulfonamides is 1. The first-order valence-corrected chi connectivity index (χ1v) is 9.23. The largest absolute Gasteiger partial charge is 0.300 e. The van der Waals surface area contributed by atoms with E-state index in [0.717, 1.165) is 35.3 Å². The van der Waals surface area contributed by atoms with Crippen molar-refractivity contribution in [2.75, 3.05) is 24.6 Å². The fourth-order valence-corrected chi connectivity index (χ4v) is 5.98. The van der Waals surface area contributed by atoms with Crippen molar-refractivity contribution in [3.8, 4) is 0 Å². The number of rotatable bonds is 3. The Morgan fingerprint density at radius 3 is 2.74 bits per heavy atom. The van der Waals surface area contributed by atoms with Gasteiger partial charge in [-0.15, -0.1) is 11.3 Å². The summed E-state index contributed by atoms with van der Waals surface area (Å²) in [5.41, 5.74) is -0.352. The van der Waals surface area contributed by atoms with Crippen LogP contribution in [0.1, 0.15) is 6.42 Å². The molecule has 0 atom stereocenters. The zero-order chi connectivity index (χ0) is 14.0. The molecule has 10 heteroatoms. The van der Waals surface area contributed by atoms with Crippen LogP contribution in [0.5, 0.6) is 0 Å². The summed E-state index contributed by atoms with van der Waals surface area (Å²) in [5.74, 6) is 1.66. The highest BCUT2D eigenvalue weighted by atomic mass is 35.5. The molecule has 1 fully saturated rings. The van der Waals surface area contributed by atoms with E-state index in [1.54, 1.807) is 11.8 Å². The number of thioether (sulfide) groups is 1. The van der Waals surface area contributed by atoms with E-state index in [2.05, 4.69) is 0 Å². The highest BCUT2D eigenvalue weighted by molar-refractivity contribution is 7.99. The molecule has 0 bridgehead atoms. The summed E-state index contributed by atoms with van der Waals surface area (Å²) >= 11 is 8.15. The molecule has 1 aliphatic heterocycles. The van der Waals surface area contributed by atoms with E-state index >= 15 is 0 Å². The van der Waals surface area contributed by atoms with Gasteiger partial charge in [0.2, 0.25) is 0 Å². The van der Waals surface area contributed by atoms with Gasteiger partial charge in [-0.2, -0.15) is 16.1 Å². The highest BCUT2D eigenvalue weighted by Gasteiger charge is 2.30. The second kappa shape index (κ2) is 5.96. The fraction of sp³-hybridized carbons (Fsp3) is 0.556. The second-order valence-electron chi connectivity index (χ2n) is 3.85. The maximum absolute atomic E-state index is 12.4. The van der Waals surface area contributed by atoms with Gasteiger partial charge in [0.25, 0.3) is 15.7 Å². The van der Waals surface area contributed by atoms with Gasteiger partial charge in [-0.05, 0) is 12.2 Å². The summed E-state index contributed by atoms with van der Waals surface area (Å²) in [5, 5.41) is 10.7. The van der Waals surface area contributed by atoms with Gasteiger partial charge in [0.05, 0.1) is 4.92 Å². The molecule has 0 spiro atoms. The fourth-order valence-electron chi connectivity index (χ4n) is 1.68. The maximum atomic E-state index is 12.4. The molecule has 19 heavy (non-hydrogen) atoms. The lowest BCUT2D eigenvalue weighted by Gasteiger charge is -2.17. The van der Waals surface area contributed by atoms with Crippen LogP contribution in [0, 0.1) is 10.1 Å². The average molecular weight is 343 g/mol. The molecule has 0 unspecified atom stereocenters. The van der Waals surface area contributed by atoms with E-state index < -0.39 is 14.9 Å². The van der Waals surface area contributed by atoms with Crippen LogP contribution in [0.4, 0.5) is 5.69 Å². The number of nitro groups is 1. The molecule has 0 radical (unpaired) electrons. The molecule has 1 aromatic rings. The van der Waals surface area contributed by atoms with E-state index in [1.807, 2.05) is 0 Å². The molecule has 2 heterocycles. The number of thiophene rings is 1. The standard InChI is InChI=1S/C9H11ClN2O4S3/c10-9-7(12(13)14)6-8(18-9)19(15,16)11-2-1-4-17-5-3-11/h6H,1-5H2. The van der Waals surface area contributed by atoms with Crippen LogP contribution in [0.2, 0.25) is 4.34 Å². The molecule has 0 saturated carbocycles. The molecule has 0 amide bonds. The van der Waals surface area contributed by atoms with Crippen molar-refractivity contribution in [3.63, 3.8) is 0 Å². The van der Waals surface area contributed by atoms with Gasteiger partial charge in [0.15, 0.2) is 4.34 Å². The molecular formula is C9H11ClN2O4S3. The van der Waals surface area contributed by atoms with Crippen molar-refractivity contribution in [1.29, 1.82) is 0 Å². The van der Waals surface area contributed by atoms with Crippen molar-refractivity contribution in [1.82, 2.24) is 4.31 Å². The van der Waals surface area contributed by atoms with E-state index in [0.29, 0.717) is 13.1 Å². The summed E-state index contributed by atoms with van der Waals surface area (Å²) in [6.07, 6.45) is 0.783. The van der Waals surface area contributed by atoms with Gasteiger partial charge < -0.3 is 0 Å². The van der Waals surface area contributed by atoms with Gasteiger partial charge in [0.1, 0.15) is 4.21 Å². The SMILES string of the molecule is O=[N+]([O-])c1cc(S(=O)(=O)N2CCCSCC2)sc1Cl. The average Bonchev–Trinajstić information content (AvgIpc) is 2.58. The van der Waals surface area contributed by atoms with E-state index in [1.165, 1.54) is 4.31 Å². The van der Waals surface area contributed by atoms with Gasteiger partial charge >= 0.3 is 0 Å². The third kappa shape index (κ3) is 3.22. The van der Waals surface area contributed by atoms with Gasteiger partial charge in [0, 0.05) is 24.9 Å². The van der Waals surface area contributed by atoms with Crippen molar-refractivity contribution < 1.29 is 13.3 Å². The van der Waals surface area contributed by atoms with Gasteiger partial charge in [-0.3, -0.25) is 10.1 Å². The molecule has 1 aliphatic rings. The van der Waals surface area contributed by atoms with Gasteiger partial charge in [-0.1, -0.05) is 11.6 Å². The van der Waals surface area contributed by atoms with Crippen LogP contribution in [0.25, 0.3) is 0 Å². The number of nitrogens with zero attached hydrogens (tertiary/aromatic N) is 2. The Morgan fingerprint density at radius 2 is 2.11 bits per heavy atom. The summed E-state index contributed by atoms with van der Waals surface area (Å²) in [6, 6.07) is 1.04. The minimum absolute atomic E-state index is 0.0592. The number of hydrogen-bond acceptors (Lipinski definition) is 6. The Hall–Kier alpha value is -0.350. The third-order valence-corrected chi connectivity index (χ3v) is 7.35. The van der Waals surface area contributed by atoms with E-state index in [-0.39, 0.29) is 14.2 Å². The molecule has 1 saturated heterocycles. The van der Waals surface area contributed by atoms with Crippen LogP contribution in [-0.4, -0.2) is 42.2 Å². The predicted molar refractivity (Wildman–Crippen MR) is 76.7 cm³/mol. The number of halogens is 1. The van der Waals surface area contributed by atoms with Gasteiger partial charge in [-0.25, -0.2) is 8.42 Å². The molecule has 0 aromatic carbocycles. The third-order valence-electron chi connectivity index (χ3n) is 2.62. The molecule has 106 valence electrons. The zero-order valence-electron chi connectivity index (χ0n) is 9.74. The maximum Gasteiger partial charge on any atom is 0.300 e. The van der Waals surface area contributed by atoms with Crippen LogP contribution in [-0.2, 0) is 10.0 Å². The summed E-state index contributed by atoms with van der Waals surface area (Å²) in [7, 11) is -3.67. The normalized spacial score (nSPS) is 18.2. The predicted octanol–water partition coefficient (Wildman–Crippen LogP) is 2.44. The first-order valence-electron chi connectivity index (χ1n) is 5.44. The van der Waals surface area contributed by atoms with E-state index in [9.17, 15) is 18.5 Å². The van der Waals surface area contributed by atoms with Crippen molar-refractivity contribution in [2.24, 2.45) is 0 Å². The Balaban J connectivity index is 2.33.